The highest BCUT2D eigenvalue weighted by atomic mass is 16.6. The molecule has 9 nitrogen and oxygen atoms in total. The van der Waals surface area contributed by atoms with E-state index in [1.54, 1.807) is 24.3 Å². The molecule has 0 aliphatic carbocycles. The van der Waals surface area contributed by atoms with Gasteiger partial charge in [0, 0.05) is 11.6 Å². The Bertz CT molecular complexity index is 852. The van der Waals surface area contributed by atoms with Gasteiger partial charge in [-0.1, -0.05) is 24.3 Å². The summed E-state index contributed by atoms with van der Waals surface area (Å²) in [6, 6.07) is 10.5. The Morgan fingerprint density at radius 3 is 2.80 bits per heavy atom. The third-order valence-corrected chi connectivity index (χ3v) is 3.37. The second-order valence-electron chi connectivity index (χ2n) is 5.08. The molecule has 1 aliphatic rings. The number of hydrogen-bond acceptors (Lipinski definition) is 7. The van der Waals surface area contributed by atoms with Crippen LogP contribution in [0, 0.1) is 10.1 Å². The van der Waals surface area contributed by atoms with Crippen LogP contribution >= 0.6 is 0 Å². The van der Waals surface area contributed by atoms with Crippen LogP contribution in [0.2, 0.25) is 0 Å². The lowest BCUT2D eigenvalue weighted by Gasteiger charge is -2.24. The third-order valence-electron chi connectivity index (χ3n) is 3.37. The van der Waals surface area contributed by atoms with Crippen molar-refractivity contribution in [2.24, 2.45) is 5.10 Å². The van der Waals surface area contributed by atoms with Crippen molar-refractivity contribution in [3.05, 3.63) is 58.1 Å². The molecule has 2 aromatic carbocycles. The number of ether oxygens (including phenoxy) is 2. The minimum atomic E-state index is -0.870. The van der Waals surface area contributed by atoms with Gasteiger partial charge in [-0.15, -0.1) is 0 Å². The molecular weight excluding hydrogens is 330 g/mol. The van der Waals surface area contributed by atoms with Crippen molar-refractivity contribution in [1.29, 1.82) is 0 Å². The van der Waals surface area contributed by atoms with Gasteiger partial charge in [-0.25, -0.2) is 5.43 Å². The van der Waals surface area contributed by atoms with Crippen molar-refractivity contribution in [3.8, 4) is 17.2 Å². The number of carbonyl (C=O) groups excluding carboxylic acids is 1. The predicted octanol–water partition coefficient (Wildman–Crippen LogP) is 0.958. The fourth-order valence-corrected chi connectivity index (χ4v) is 2.15. The van der Waals surface area contributed by atoms with E-state index >= 15 is 0 Å². The number of benzene rings is 2. The fraction of sp³-hybridized carbons (Fsp3) is 0.125. The SMILES string of the molecule is O=C(NN=Cc1ccc([O-])c([N+](=O)[O-])c1)[C@@H]1COc2ccccc2O1. The molecule has 0 radical (unpaired) electrons. The lowest BCUT2D eigenvalue weighted by molar-refractivity contribution is -0.398. The number of nitro benzene ring substituents is 1. The monoisotopic (exact) mass is 342 g/mol. The molecule has 0 saturated carbocycles. The third kappa shape index (κ3) is 3.66. The first-order valence-corrected chi connectivity index (χ1v) is 7.21. The summed E-state index contributed by atoms with van der Waals surface area (Å²) >= 11 is 0. The molecule has 1 amide bonds. The first kappa shape index (κ1) is 16.2. The quantitative estimate of drug-likeness (QED) is 0.501. The van der Waals surface area contributed by atoms with Gasteiger partial charge in [-0.05, 0) is 17.9 Å². The summed E-state index contributed by atoms with van der Waals surface area (Å²) in [6.45, 7) is 0.0364. The van der Waals surface area contributed by atoms with Crippen LogP contribution < -0.4 is 20.0 Å². The zero-order chi connectivity index (χ0) is 17.8. The zero-order valence-electron chi connectivity index (χ0n) is 12.7. The van der Waals surface area contributed by atoms with E-state index in [1.165, 1.54) is 12.3 Å². The van der Waals surface area contributed by atoms with Crippen molar-refractivity contribution in [2.45, 2.75) is 6.10 Å². The second kappa shape index (κ2) is 6.87. The molecule has 3 rings (SSSR count). The Hall–Kier alpha value is -3.62. The number of nitrogens with zero attached hydrogens (tertiary/aromatic N) is 2. The van der Waals surface area contributed by atoms with Crippen LogP contribution in [0.15, 0.2) is 47.6 Å². The van der Waals surface area contributed by atoms with Crippen LogP contribution in [0.5, 0.6) is 17.2 Å². The van der Waals surface area contributed by atoms with Crippen molar-refractivity contribution in [1.82, 2.24) is 5.43 Å². The molecule has 128 valence electrons. The van der Waals surface area contributed by atoms with E-state index in [0.717, 1.165) is 12.1 Å². The highest BCUT2D eigenvalue weighted by molar-refractivity contribution is 5.85. The van der Waals surface area contributed by atoms with Crippen LogP contribution in [0.1, 0.15) is 5.56 Å². The lowest BCUT2D eigenvalue weighted by Crippen LogP contribution is -2.42. The summed E-state index contributed by atoms with van der Waals surface area (Å²) in [5.74, 6) is -0.210. The second-order valence-corrected chi connectivity index (χ2v) is 5.08. The summed E-state index contributed by atoms with van der Waals surface area (Å²) < 4.78 is 11.0. The van der Waals surface area contributed by atoms with Crippen molar-refractivity contribution < 1.29 is 24.3 Å². The summed E-state index contributed by atoms with van der Waals surface area (Å²) in [7, 11) is 0. The molecule has 1 aliphatic heterocycles. The molecule has 2 aromatic rings. The molecule has 0 aromatic heterocycles. The molecule has 1 atom stereocenters. The number of amides is 1. The first-order valence-electron chi connectivity index (χ1n) is 7.21. The van der Waals surface area contributed by atoms with E-state index in [-0.39, 0.29) is 6.61 Å². The number of nitrogens with one attached hydrogen (secondary N) is 1. The van der Waals surface area contributed by atoms with Gasteiger partial charge >= 0.3 is 0 Å². The van der Waals surface area contributed by atoms with E-state index in [0.29, 0.717) is 17.1 Å². The Kier molecular flexibility index (Phi) is 4.46. The predicted molar refractivity (Wildman–Crippen MR) is 84.6 cm³/mol. The number of carbonyl (C=O) groups is 1. The Labute approximate surface area is 141 Å². The standard InChI is InChI=1S/C16H13N3O6/c20-12-6-5-10(7-11(12)19(22)23)8-17-18-16(21)15-9-24-13-3-1-2-4-14(13)25-15/h1-8,15,20H,9H2,(H,18,21)/p-1/t15-/m0/s1. The first-order chi connectivity index (χ1) is 12.0. The van der Waals surface area contributed by atoms with Crippen LogP contribution in [-0.4, -0.2) is 29.8 Å². The summed E-state index contributed by atoms with van der Waals surface area (Å²) in [4.78, 5) is 22.0. The molecular formula is C16H12N3O6-. The average Bonchev–Trinajstić information content (AvgIpc) is 2.62. The normalized spacial score (nSPS) is 15.8. The highest BCUT2D eigenvalue weighted by Gasteiger charge is 2.26. The van der Waals surface area contributed by atoms with Gasteiger partial charge in [0.05, 0.1) is 11.1 Å². The van der Waals surface area contributed by atoms with Crippen molar-refractivity contribution >= 4 is 17.8 Å². The molecule has 9 heteroatoms. The topological polar surface area (TPSA) is 126 Å². The highest BCUT2D eigenvalue weighted by Crippen LogP contribution is 2.30. The molecule has 0 spiro atoms. The van der Waals surface area contributed by atoms with Gasteiger partial charge in [0.15, 0.2) is 11.5 Å². The molecule has 25 heavy (non-hydrogen) atoms. The van der Waals surface area contributed by atoms with Crippen LogP contribution in [0.4, 0.5) is 5.69 Å². The minimum Gasteiger partial charge on any atom is -0.868 e. The Balaban J connectivity index is 1.62. The van der Waals surface area contributed by atoms with Gasteiger partial charge in [-0.3, -0.25) is 14.9 Å². The van der Waals surface area contributed by atoms with Gasteiger partial charge in [0.1, 0.15) is 6.61 Å². The van der Waals surface area contributed by atoms with E-state index in [2.05, 4.69) is 10.5 Å². The maximum atomic E-state index is 12.0. The maximum absolute atomic E-state index is 12.0. The number of rotatable bonds is 4. The van der Waals surface area contributed by atoms with Gasteiger partial charge in [0.25, 0.3) is 11.6 Å². The summed E-state index contributed by atoms with van der Waals surface area (Å²) in [6.07, 6.45) is 0.326. The van der Waals surface area contributed by atoms with Gasteiger partial charge in [-0.2, -0.15) is 5.10 Å². The molecule has 1 N–H and O–H groups in total. The minimum absolute atomic E-state index is 0.0364. The fourth-order valence-electron chi connectivity index (χ4n) is 2.15. The number of hydrogen-bond donors (Lipinski definition) is 1. The van der Waals surface area contributed by atoms with Crippen LogP contribution in [0.3, 0.4) is 0 Å². The summed E-state index contributed by atoms with van der Waals surface area (Å²) in [5.41, 5.74) is 2.02. The molecule has 0 saturated heterocycles. The van der Waals surface area contributed by atoms with Crippen molar-refractivity contribution in [2.75, 3.05) is 6.61 Å². The summed E-state index contributed by atoms with van der Waals surface area (Å²) in [5, 5.41) is 25.8. The van der Waals surface area contributed by atoms with Gasteiger partial charge in [0.2, 0.25) is 6.10 Å². The number of para-hydroxylation sites is 2. The number of fused-ring (bicyclic) bond motifs is 1. The largest absolute Gasteiger partial charge is 0.868 e. The van der Waals surface area contributed by atoms with Crippen LogP contribution in [-0.2, 0) is 4.79 Å². The van der Waals surface area contributed by atoms with E-state index in [4.69, 9.17) is 9.47 Å². The molecule has 1 heterocycles. The lowest BCUT2D eigenvalue weighted by atomic mass is 10.2. The van der Waals surface area contributed by atoms with E-state index in [9.17, 15) is 20.0 Å². The van der Waals surface area contributed by atoms with E-state index < -0.39 is 28.4 Å². The molecule has 0 unspecified atom stereocenters. The van der Waals surface area contributed by atoms with E-state index in [1.807, 2.05) is 0 Å². The smallest absolute Gasteiger partial charge is 0.284 e. The Morgan fingerprint density at radius 1 is 1.28 bits per heavy atom. The van der Waals surface area contributed by atoms with Crippen LogP contribution in [0.25, 0.3) is 0 Å². The molecule has 0 bridgehead atoms. The number of hydrazone groups is 1. The Morgan fingerprint density at radius 2 is 2.04 bits per heavy atom. The average molecular weight is 342 g/mol. The van der Waals surface area contributed by atoms with Gasteiger partial charge < -0.3 is 14.6 Å². The van der Waals surface area contributed by atoms with Crippen molar-refractivity contribution in [3.63, 3.8) is 0 Å². The number of nitro groups is 1. The molecule has 0 fully saturated rings. The zero-order valence-corrected chi connectivity index (χ0v) is 12.7. The maximum Gasteiger partial charge on any atom is 0.284 e.